The topological polar surface area (TPSA) is 23.5 Å². The highest BCUT2D eigenvalue weighted by atomic mass is 16.3. The minimum atomic E-state index is -0.190. The van der Waals surface area contributed by atoms with E-state index in [1.165, 1.54) is 16.8 Å². The molecule has 16 heavy (non-hydrogen) atoms. The molecule has 90 valence electrons. The molecule has 0 saturated heterocycles. The molecule has 0 saturated carbocycles. The maximum atomic E-state index is 9.50. The van der Waals surface area contributed by atoms with Crippen molar-refractivity contribution >= 4 is 5.69 Å². The quantitative estimate of drug-likeness (QED) is 0.844. The Labute approximate surface area is 98.9 Å². The van der Waals surface area contributed by atoms with E-state index in [9.17, 15) is 5.11 Å². The molecule has 1 rings (SSSR count). The Bertz CT molecular complexity index is 356. The zero-order chi connectivity index (χ0) is 12.3. The van der Waals surface area contributed by atoms with Crippen LogP contribution >= 0.6 is 0 Å². The molecule has 0 radical (unpaired) electrons. The average molecular weight is 221 g/mol. The molecule has 0 aliphatic carbocycles. The molecule has 0 spiro atoms. The van der Waals surface area contributed by atoms with E-state index in [4.69, 9.17) is 0 Å². The third kappa shape index (κ3) is 2.56. The Morgan fingerprint density at radius 1 is 1.25 bits per heavy atom. The fourth-order valence-electron chi connectivity index (χ4n) is 1.82. The summed E-state index contributed by atoms with van der Waals surface area (Å²) in [4.78, 5) is 2.10. The van der Waals surface area contributed by atoms with Gasteiger partial charge in [0.15, 0.2) is 0 Å². The minimum absolute atomic E-state index is 0.168. The lowest BCUT2D eigenvalue weighted by Crippen LogP contribution is -2.26. The van der Waals surface area contributed by atoms with Gasteiger partial charge in [-0.15, -0.1) is 0 Å². The van der Waals surface area contributed by atoms with Crippen LogP contribution in [-0.2, 0) is 11.8 Å². The van der Waals surface area contributed by atoms with Crippen molar-refractivity contribution in [3.8, 4) is 0 Å². The van der Waals surface area contributed by atoms with Crippen molar-refractivity contribution in [3.63, 3.8) is 0 Å². The third-order valence-electron chi connectivity index (χ3n) is 3.08. The lowest BCUT2D eigenvalue weighted by molar-refractivity contribution is 0.218. The molecule has 2 heteroatoms. The first-order valence-corrected chi connectivity index (χ1v) is 5.84. The fraction of sp³-hybridized carbons (Fsp3) is 0.571. The molecule has 0 unspecified atom stereocenters. The average Bonchev–Trinajstić information content (AvgIpc) is 2.28. The van der Waals surface area contributed by atoms with Gasteiger partial charge in [-0.25, -0.2) is 0 Å². The highest BCUT2D eigenvalue weighted by molar-refractivity contribution is 5.57. The summed E-state index contributed by atoms with van der Waals surface area (Å²) < 4.78 is 0. The van der Waals surface area contributed by atoms with Gasteiger partial charge in [-0.1, -0.05) is 32.9 Å². The van der Waals surface area contributed by atoms with Crippen molar-refractivity contribution in [1.29, 1.82) is 0 Å². The van der Waals surface area contributed by atoms with Crippen LogP contribution in [-0.4, -0.2) is 25.8 Å². The molecule has 0 aliphatic heterocycles. The number of aliphatic hydroxyl groups is 1. The van der Waals surface area contributed by atoms with E-state index in [0.29, 0.717) is 0 Å². The predicted molar refractivity (Wildman–Crippen MR) is 70.3 cm³/mol. The summed E-state index contributed by atoms with van der Waals surface area (Å²) in [6, 6.07) is 6.52. The number of rotatable bonds is 4. The molecular formula is C14H23NO. The molecule has 1 N–H and O–H groups in total. The number of hydrogen-bond acceptors (Lipinski definition) is 2. The van der Waals surface area contributed by atoms with Crippen molar-refractivity contribution in [2.24, 2.45) is 0 Å². The molecule has 1 aromatic rings. The van der Waals surface area contributed by atoms with Crippen molar-refractivity contribution in [1.82, 2.24) is 0 Å². The number of nitrogens with zero attached hydrogens (tertiary/aromatic N) is 1. The molecular weight excluding hydrogens is 198 g/mol. The van der Waals surface area contributed by atoms with Gasteiger partial charge in [-0.3, -0.25) is 0 Å². The largest absolute Gasteiger partial charge is 0.395 e. The molecule has 0 atom stereocenters. The van der Waals surface area contributed by atoms with Gasteiger partial charge in [0.25, 0.3) is 0 Å². The molecule has 0 aliphatic rings. The van der Waals surface area contributed by atoms with Gasteiger partial charge >= 0.3 is 0 Å². The standard InChI is InChI=1S/C14H23NO/c1-6-11-7-8-13(15(4)5)12(9-11)14(2,3)10-16/h7-9,16H,6,10H2,1-5H3. The van der Waals surface area contributed by atoms with Crippen LogP contribution in [0.25, 0.3) is 0 Å². The second-order valence-corrected chi connectivity index (χ2v) is 5.14. The number of aryl methyl sites for hydroxylation is 1. The highest BCUT2D eigenvalue weighted by Gasteiger charge is 2.23. The Hall–Kier alpha value is -1.02. The third-order valence-corrected chi connectivity index (χ3v) is 3.08. The molecule has 1 aromatic carbocycles. The molecule has 0 bridgehead atoms. The summed E-state index contributed by atoms with van der Waals surface area (Å²) in [5, 5.41) is 9.50. The maximum Gasteiger partial charge on any atom is 0.0523 e. The number of benzene rings is 1. The normalized spacial score (nSPS) is 11.6. The van der Waals surface area contributed by atoms with E-state index in [0.717, 1.165) is 6.42 Å². The minimum Gasteiger partial charge on any atom is -0.395 e. The number of anilines is 1. The van der Waals surface area contributed by atoms with Crippen molar-refractivity contribution in [2.75, 3.05) is 25.6 Å². The molecule has 0 amide bonds. The Morgan fingerprint density at radius 2 is 1.88 bits per heavy atom. The SMILES string of the molecule is CCc1ccc(N(C)C)c(C(C)(C)CO)c1. The Balaban J connectivity index is 3.31. The second kappa shape index (κ2) is 4.88. The van der Waals surface area contributed by atoms with E-state index in [1.807, 2.05) is 14.1 Å². The van der Waals surface area contributed by atoms with Gasteiger partial charge in [0.1, 0.15) is 0 Å². The van der Waals surface area contributed by atoms with Gasteiger partial charge in [0.2, 0.25) is 0 Å². The van der Waals surface area contributed by atoms with E-state index in [2.05, 4.69) is 43.9 Å². The zero-order valence-electron chi connectivity index (χ0n) is 11.0. The first kappa shape index (κ1) is 13.0. The summed E-state index contributed by atoms with van der Waals surface area (Å²) in [6.07, 6.45) is 1.03. The smallest absolute Gasteiger partial charge is 0.0523 e. The van der Waals surface area contributed by atoms with Crippen LogP contribution in [0.3, 0.4) is 0 Å². The van der Waals surface area contributed by atoms with E-state index < -0.39 is 0 Å². The van der Waals surface area contributed by atoms with Gasteiger partial charge in [0.05, 0.1) is 6.61 Å². The van der Waals surface area contributed by atoms with Gasteiger partial charge in [-0.2, -0.15) is 0 Å². The van der Waals surface area contributed by atoms with E-state index in [1.54, 1.807) is 0 Å². The van der Waals surface area contributed by atoms with E-state index in [-0.39, 0.29) is 12.0 Å². The fourth-order valence-corrected chi connectivity index (χ4v) is 1.82. The Morgan fingerprint density at radius 3 is 2.31 bits per heavy atom. The van der Waals surface area contributed by atoms with Crippen LogP contribution in [0.15, 0.2) is 18.2 Å². The zero-order valence-corrected chi connectivity index (χ0v) is 11.0. The monoisotopic (exact) mass is 221 g/mol. The number of aliphatic hydroxyl groups excluding tert-OH is 1. The molecule has 2 nitrogen and oxygen atoms in total. The summed E-state index contributed by atoms with van der Waals surface area (Å²) in [5.74, 6) is 0. The first-order valence-electron chi connectivity index (χ1n) is 5.84. The summed E-state index contributed by atoms with van der Waals surface area (Å²) in [5.41, 5.74) is 3.54. The first-order chi connectivity index (χ1) is 7.42. The van der Waals surface area contributed by atoms with Crippen molar-refractivity contribution in [3.05, 3.63) is 29.3 Å². The van der Waals surface area contributed by atoms with Gasteiger partial charge in [0, 0.05) is 25.2 Å². The van der Waals surface area contributed by atoms with Crippen LogP contribution in [0.4, 0.5) is 5.69 Å². The lowest BCUT2D eigenvalue weighted by atomic mass is 9.83. The highest BCUT2D eigenvalue weighted by Crippen LogP contribution is 2.32. The van der Waals surface area contributed by atoms with Crippen LogP contribution < -0.4 is 4.90 Å². The molecule has 0 fully saturated rings. The second-order valence-electron chi connectivity index (χ2n) is 5.14. The number of hydrogen-bond donors (Lipinski definition) is 1. The summed E-state index contributed by atoms with van der Waals surface area (Å²) in [7, 11) is 4.08. The predicted octanol–water partition coefficient (Wildman–Crippen LogP) is 2.58. The maximum absolute atomic E-state index is 9.50. The summed E-state index contributed by atoms with van der Waals surface area (Å²) in [6.45, 7) is 6.48. The van der Waals surface area contributed by atoms with Crippen LogP contribution in [0, 0.1) is 0 Å². The van der Waals surface area contributed by atoms with Crippen molar-refractivity contribution in [2.45, 2.75) is 32.6 Å². The van der Waals surface area contributed by atoms with Crippen molar-refractivity contribution < 1.29 is 5.11 Å². The van der Waals surface area contributed by atoms with Crippen LogP contribution in [0.1, 0.15) is 31.9 Å². The lowest BCUT2D eigenvalue weighted by Gasteiger charge is -2.29. The van der Waals surface area contributed by atoms with Crippen LogP contribution in [0.5, 0.6) is 0 Å². The molecule has 0 heterocycles. The van der Waals surface area contributed by atoms with Gasteiger partial charge < -0.3 is 10.0 Å². The van der Waals surface area contributed by atoms with E-state index >= 15 is 0 Å². The summed E-state index contributed by atoms with van der Waals surface area (Å²) >= 11 is 0. The van der Waals surface area contributed by atoms with Gasteiger partial charge in [-0.05, 0) is 23.6 Å². The molecule has 0 aromatic heterocycles. The van der Waals surface area contributed by atoms with Crippen LogP contribution in [0.2, 0.25) is 0 Å². The Kier molecular flexibility index (Phi) is 3.98.